The van der Waals surface area contributed by atoms with Gasteiger partial charge in [0.25, 0.3) is 0 Å². The molecule has 0 fully saturated rings. The molecule has 1 aliphatic rings. The lowest BCUT2D eigenvalue weighted by Gasteiger charge is -1.82. The summed E-state index contributed by atoms with van der Waals surface area (Å²) in [5.74, 6) is 0. The second-order valence-corrected chi connectivity index (χ2v) is 3.47. The van der Waals surface area contributed by atoms with Gasteiger partial charge >= 0.3 is 0 Å². The summed E-state index contributed by atoms with van der Waals surface area (Å²) < 4.78 is 1.53. The molecule has 5 heteroatoms. The molecule has 1 heterocycles. The van der Waals surface area contributed by atoms with E-state index in [1.807, 2.05) is 0 Å². The molecule has 0 radical (unpaired) electrons. The largest absolute Gasteiger partial charge is 0.237 e. The van der Waals surface area contributed by atoms with E-state index in [-0.39, 0.29) is 5.08 Å². The molecular weight excluding hydrogens is 304 g/mol. The van der Waals surface area contributed by atoms with Crippen molar-refractivity contribution < 1.29 is 0 Å². The Labute approximate surface area is 71.9 Å². The van der Waals surface area contributed by atoms with Crippen LogP contribution in [0.15, 0.2) is 9.98 Å². The van der Waals surface area contributed by atoms with Crippen LogP contribution in [0.4, 0.5) is 0 Å². The van der Waals surface area contributed by atoms with E-state index in [0.29, 0.717) is 0 Å². The average molecular weight is 305 g/mol. The molecule has 0 amide bonds. The monoisotopic (exact) mass is 302 g/mol. The summed E-state index contributed by atoms with van der Waals surface area (Å²) in [6.07, 6.45) is 0. The van der Waals surface area contributed by atoms with Crippen LogP contribution in [0.25, 0.3) is 0 Å². The molecular formula is C3HBr3N2. The van der Waals surface area contributed by atoms with Crippen LogP contribution in [0.1, 0.15) is 0 Å². The van der Waals surface area contributed by atoms with Gasteiger partial charge in [-0.1, -0.05) is 0 Å². The van der Waals surface area contributed by atoms with Gasteiger partial charge in [-0.25, -0.2) is 9.98 Å². The predicted molar refractivity (Wildman–Crippen MR) is 45.4 cm³/mol. The van der Waals surface area contributed by atoms with Gasteiger partial charge in [-0.2, -0.15) is 0 Å². The van der Waals surface area contributed by atoms with Crippen LogP contribution >= 0.6 is 47.8 Å². The SMILES string of the molecule is BrC1=NC(Br)N=C1Br. The molecule has 0 unspecified atom stereocenters. The minimum atomic E-state index is -0.105. The minimum absolute atomic E-state index is 0.105. The first-order valence-corrected chi connectivity index (χ1v) is 4.31. The lowest BCUT2D eigenvalue weighted by molar-refractivity contribution is 1.04. The molecule has 0 spiro atoms. The smallest absolute Gasteiger partial charge is 0.197 e. The summed E-state index contributed by atoms with van der Waals surface area (Å²) in [4.78, 5) is 7.94. The van der Waals surface area contributed by atoms with Crippen molar-refractivity contribution in [3.63, 3.8) is 0 Å². The Morgan fingerprint density at radius 2 is 1.50 bits per heavy atom. The number of halogens is 3. The first kappa shape index (κ1) is 6.89. The van der Waals surface area contributed by atoms with Crippen molar-refractivity contribution in [3.05, 3.63) is 0 Å². The van der Waals surface area contributed by atoms with Gasteiger partial charge in [-0.15, -0.1) is 0 Å². The fraction of sp³-hybridized carbons (Fsp3) is 0.333. The van der Waals surface area contributed by atoms with Crippen molar-refractivity contribution in [1.29, 1.82) is 0 Å². The fourth-order valence-electron chi connectivity index (χ4n) is 0.322. The van der Waals surface area contributed by atoms with Crippen molar-refractivity contribution in [1.82, 2.24) is 0 Å². The van der Waals surface area contributed by atoms with Gasteiger partial charge in [0.1, 0.15) is 9.24 Å². The van der Waals surface area contributed by atoms with E-state index in [2.05, 4.69) is 57.8 Å². The maximum Gasteiger partial charge on any atom is 0.197 e. The van der Waals surface area contributed by atoms with E-state index >= 15 is 0 Å². The van der Waals surface area contributed by atoms with E-state index in [1.165, 1.54) is 0 Å². The fourth-order valence-corrected chi connectivity index (χ4v) is 1.87. The van der Waals surface area contributed by atoms with Gasteiger partial charge < -0.3 is 0 Å². The number of rotatable bonds is 0. The maximum absolute atomic E-state index is 3.97. The molecule has 0 aliphatic carbocycles. The van der Waals surface area contributed by atoms with Crippen LogP contribution in [0.2, 0.25) is 0 Å². The lowest BCUT2D eigenvalue weighted by Crippen LogP contribution is -1.89. The summed E-state index contributed by atoms with van der Waals surface area (Å²) in [7, 11) is 0. The Kier molecular flexibility index (Phi) is 2.22. The van der Waals surface area contributed by atoms with E-state index in [0.717, 1.165) is 9.24 Å². The number of hydrogen-bond acceptors (Lipinski definition) is 2. The minimum Gasteiger partial charge on any atom is -0.237 e. The molecule has 0 aromatic rings. The maximum atomic E-state index is 3.97. The molecule has 0 bridgehead atoms. The van der Waals surface area contributed by atoms with Gasteiger partial charge in [0.05, 0.1) is 0 Å². The van der Waals surface area contributed by atoms with Crippen LogP contribution in [-0.4, -0.2) is 14.3 Å². The highest BCUT2D eigenvalue weighted by molar-refractivity contribution is 9.25. The van der Waals surface area contributed by atoms with Gasteiger partial charge in [-0.3, -0.25) is 0 Å². The molecule has 0 saturated carbocycles. The summed E-state index contributed by atoms with van der Waals surface area (Å²) in [6, 6.07) is 0. The lowest BCUT2D eigenvalue weighted by atomic mass is 10.8. The molecule has 2 nitrogen and oxygen atoms in total. The summed E-state index contributed by atoms with van der Waals surface area (Å²) >= 11 is 9.56. The van der Waals surface area contributed by atoms with E-state index in [1.54, 1.807) is 0 Å². The zero-order valence-corrected chi connectivity index (χ0v) is 8.36. The normalized spacial score (nSPS) is 20.9. The van der Waals surface area contributed by atoms with Crippen LogP contribution in [0.5, 0.6) is 0 Å². The Bertz CT molecular complexity index is 144. The zero-order chi connectivity index (χ0) is 6.15. The van der Waals surface area contributed by atoms with Crippen LogP contribution in [0, 0.1) is 0 Å². The zero-order valence-electron chi connectivity index (χ0n) is 3.61. The summed E-state index contributed by atoms with van der Waals surface area (Å²) in [5, 5.41) is -0.105. The molecule has 0 saturated heterocycles. The molecule has 1 rings (SSSR count). The summed E-state index contributed by atoms with van der Waals surface area (Å²) in [6.45, 7) is 0. The average Bonchev–Trinajstić information content (AvgIpc) is 1.85. The molecule has 44 valence electrons. The third-order valence-electron chi connectivity index (χ3n) is 0.610. The number of nitrogens with zero attached hydrogens (tertiary/aromatic N) is 2. The van der Waals surface area contributed by atoms with Crippen LogP contribution < -0.4 is 0 Å². The topological polar surface area (TPSA) is 24.7 Å². The second-order valence-electron chi connectivity index (χ2n) is 1.15. The van der Waals surface area contributed by atoms with Crippen LogP contribution in [0.3, 0.4) is 0 Å². The van der Waals surface area contributed by atoms with Gasteiger partial charge in [-0.05, 0) is 47.8 Å². The van der Waals surface area contributed by atoms with Crippen LogP contribution in [-0.2, 0) is 0 Å². The van der Waals surface area contributed by atoms with Crippen molar-refractivity contribution >= 4 is 57.0 Å². The van der Waals surface area contributed by atoms with E-state index < -0.39 is 0 Å². The van der Waals surface area contributed by atoms with Gasteiger partial charge in [0.15, 0.2) is 5.08 Å². The molecule has 0 N–H and O–H groups in total. The first-order chi connectivity index (χ1) is 3.70. The number of hydrogen-bond donors (Lipinski definition) is 0. The highest BCUT2D eigenvalue weighted by atomic mass is 79.9. The number of aliphatic imine (C=N–C) groups is 2. The highest BCUT2D eigenvalue weighted by Crippen LogP contribution is 2.17. The molecule has 0 aromatic heterocycles. The van der Waals surface area contributed by atoms with Crippen molar-refractivity contribution in [2.45, 2.75) is 5.08 Å². The Morgan fingerprint density at radius 3 is 1.62 bits per heavy atom. The quantitative estimate of drug-likeness (QED) is 0.484. The summed E-state index contributed by atoms with van der Waals surface area (Å²) in [5.41, 5.74) is 0. The Hall–Kier alpha value is 0.780. The molecule has 8 heavy (non-hydrogen) atoms. The molecule has 1 aliphatic heterocycles. The van der Waals surface area contributed by atoms with Gasteiger partial charge in [0.2, 0.25) is 0 Å². The second kappa shape index (κ2) is 2.58. The Balaban J connectivity index is 2.82. The van der Waals surface area contributed by atoms with E-state index in [9.17, 15) is 0 Å². The predicted octanol–water partition coefficient (Wildman–Crippen LogP) is 2.27. The van der Waals surface area contributed by atoms with E-state index in [4.69, 9.17) is 0 Å². The third kappa shape index (κ3) is 1.39. The standard InChI is InChI=1S/C3HBr3N2/c4-1-2(5)8-3(6)7-1/h3H. The van der Waals surface area contributed by atoms with Crippen molar-refractivity contribution in [3.8, 4) is 0 Å². The van der Waals surface area contributed by atoms with Crippen molar-refractivity contribution in [2.24, 2.45) is 9.98 Å². The third-order valence-corrected chi connectivity index (χ3v) is 2.71. The Morgan fingerprint density at radius 1 is 1.12 bits per heavy atom. The highest BCUT2D eigenvalue weighted by Gasteiger charge is 2.12. The first-order valence-electron chi connectivity index (χ1n) is 1.81. The molecule has 0 atom stereocenters. The van der Waals surface area contributed by atoms with Gasteiger partial charge in [0, 0.05) is 0 Å². The number of alkyl halides is 1. The molecule has 0 aromatic carbocycles. The van der Waals surface area contributed by atoms with Crippen molar-refractivity contribution in [2.75, 3.05) is 0 Å².